The zero-order valence-electron chi connectivity index (χ0n) is 16.2. The number of benzene rings is 2. The zero-order valence-corrected chi connectivity index (χ0v) is 16.2. The minimum Gasteiger partial charge on any atom is -0.378 e. The van der Waals surface area contributed by atoms with Crippen molar-refractivity contribution in [2.75, 3.05) is 55.0 Å². The predicted molar refractivity (Wildman–Crippen MR) is 113 cm³/mol. The molecule has 4 rings (SSSR count). The van der Waals surface area contributed by atoms with E-state index < -0.39 is 0 Å². The molecule has 5 nitrogen and oxygen atoms in total. The summed E-state index contributed by atoms with van der Waals surface area (Å²) in [5.41, 5.74) is 3.73. The summed E-state index contributed by atoms with van der Waals surface area (Å²) in [6.07, 6.45) is 3.60. The maximum absolute atomic E-state index is 14.0. The Balaban J connectivity index is 1.47. The van der Waals surface area contributed by atoms with Gasteiger partial charge < -0.3 is 14.7 Å². The maximum Gasteiger partial charge on any atom is 0.147 e. The van der Waals surface area contributed by atoms with Gasteiger partial charge in [0.05, 0.1) is 23.8 Å². The molecule has 0 amide bonds. The summed E-state index contributed by atoms with van der Waals surface area (Å²) in [6, 6.07) is 15.2. The lowest BCUT2D eigenvalue weighted by molar-refractivity contribution is 0.596. The average molecular weight is 377 g/mol. The van der Waals surface area contributed by atoms with Crippen molar-refractivity contribution >= 4 is 17.2 Å². The number of nitrogens with zero attached hydrogens (tertiary/aromatic N) is 5. The van der Waals surface area contributed by atoms with Crippen LogP contribution in [0.15, 0.2) is 60.9 Å². The third-order valence-corrected chi connectivity index (χ3v) is 5.10. The van der Waals surface area contributed by atoms with E-state index in [2.05, 4.69) is 43.9 Å². The lowest BCUT2D eigenvalue weighted by Crippen LogP contribution is -2.47. The molecule has 28 heavy (non-hydrogen) atoms. The van der Waals surface area contributed by atoms with Gasteiger partial charge in [0, 0.05) is 51.5 Å². The Morgan fingerprint density at radius 1 is 0.857 bits per heavy atom. The Bertz CT molecular complexity index is 934. The van der Waals surface area contributed by atoms with Gasteiger partial charge in [0.25, 0.3) is 0 Å². The average Bonchev–Trinajstić information content (AvgIpc) is 2.74. The van der Waals surface area contributed by atoms with Crippen LogP contribution >= 0.6 is 0 Å². The van der Waals surface area contributed by atoms with E-state index in [1.54, 1.807) is 18.5 Å². The highest BCUT2D eigenvalue weighted by atomic mass is 19.1. The molecule has 1 aromatic heterocycles. The van der Waals surface area contributed by atoms with Gasteiger partial charge in [-0.15, -0.1) is 0 Å². The lowest BCUT2D eigenvalue weighted by atomic mass is 10.1. The van der Waals surface area contributed by atoms with Crippen molar-refractivity contribution in [3.63, 3.8) is 0 Å². The Labute approximate surface area is 165 Å². The number of rotatable bonds is 4. The van der Waals surface area contributed by atoms with Gasteiger partial charge in [0.2, 0.25) is 0 Å². The van der Waals surface area contributed by atoms with E-state index in [-0.39, 0.29) is 5.82 Å². The highest BCUT2D eigenvalue weighted by Crippen LogP contribution is 2.24. The molecule has 1 aliphatic heterocycles. The molecule has 0 unspecified atom stereocenters. The van der Waals surface area contributed by atoms with Gasteiger partial charge in [0.1, 0.15) is 11.6 Å². The van der Waals surface area contributed by atoms with E-state index in [1.807, 2.05) is 26.2 Å². The summed E-state index contributed by atoms with van der Waals surface area (Å²) in [6.45, 7) is 3.08. The number of halogens is 1. The first-order chi connectivity index (χ1) is 13.6. The monoisotopic (exact) mass is 377 g/mol. The number of aromatic nitrogens is 2. The molecule has 2 aromatic carbocycles. The van der Waals surface area contributed by atoms with E-state index in [0.29, 0.717) is 5.69 Å². The van der Waals surface area contributed by atoms with Crippen molar-refractivity contribution < 1.29 is 4.39 Å². The summed E-state index contributed by atoms with van der Waals surface area (Å²) < 4.78 is 14.0. The Morgan fingerprint density at radius 3 is 2.21 bits per heavy atom. The van der Waals surface area contributed by atoms with Crippen LogP contribution < -0.4 is 14.7 Å². The topological polar surface area (TPSA) is 35.5 Å². The molecule has 144 valence electrons. The highest BCUT2D eigenvalue weighted by Gasteiger charge is 2.20. The zero-order chi connectivity index (χ0) is 19.5. The van der Waals surface area contributed by atoms with Gasteiger partial charge in [-0.3, -0.25) is 4.98 Å². The molecule has 0 aliphatic carbocycles. The van der Waals surface area contributed by atoms with Crippen LogP contribution in [0.25, 0.3) is 11.3 Å². The smallest absolute Gasteiger partial charge is 0.147 e. The fraction of sp³-hybridized carbons (Fsp3) is 0.273. The Kier molecular flexibility index (Phi) is 5.10. The van der Waals surface area contributed by atoms with Crippen LogP contribution in [-0.2, 0) is 0 Å². The van der Waals surface area contributed by atoms with Crippen LogP contribution in [0.5, 0.6) is 0 Å². The summed E-state index contributed by atoms with van der Waals surface area (Å²) in [7, 11) is 4.05. The molecular weight excluding hydrogens is 353 g/mol. The fourth-order valence-corrected chi connectivity index (χ4v) is 3.46. The molecule has 0 atom stereocenters. The number of anilines is 3. The highest BCUT2D eigenvalue weighted by molar-refractivity contribution is 5.64. The molecule has 0 spiro atoms. The van der Waals surface area contributed by atoms with Crippen molar-refractivity contribution in [1.82, 2.24) is 9.97 Å². The number of hydrogen-bond donors (Lipinski definition) is 0. The van der Waals surface area contributed by atoms with Crippen molar-refractivity contribution in [1.29, 1.82) is 0 Å². The van der Waals surface area contributed by atoms with Crippen molar-refractivity contribution in [3.8, 4) is 11.3 Å². The SMILES string of the molecule is CN(C)c1ccc(-c2cncc(N3CCN(c4ccccc4F)CC3)n2)cc1. The normalized spacial score (nSPS) is 14.2. The summed E-state index contributed by atoms with van der Waals surface area (Å²) in [5, 5.41) is 0. The first kappa shape index (κ1) is 18.2. The second kappa shape index (κ2) is 7.84. The number of hydrogen-bond acceptors (Lipinski definition) is 5. The van der Waals surface area contributed by atoms with Crippen LogP contribution in [0.2, 0.25) is 0 Å². The van der Waals surface area contributed by atoms with E-state index in [0.717, 1.165) is 48.9 Å². The molecule has 6 heteroatoms. The molecule has 1 fully saturated rings. The summed E-state index contributed by atoms with van der Waals surface area (Å²) in [4.78, 5) is 15.6. The molecular formula is C22H24FN5. The second-order valence-electron chi connectivity index (χ2n) is 7.13. The second-order valence-corrected chi connectivity index (χ2v) is 7.13. The summed E-state index contributed by atoms with van der Waals surface area (Å²) in [5.74, 6) is 0.696. The van der Waals surface area contributed by atoms with E-state index in [9.17, 15) is 4.39 Å². The molecule has 1 aliphatic rings. The van der Waals surface area contributed by atoms with Gasteiger partial charge in [-0.05, 0) is 24.3 Å². The van der Waals surface area contributed by atoms with Crippen molar-refractivity contribution in [3.05, 3.63) is 66.7 Å². The molecule has 1 saturated heterocycles. The van der Waals surface area contributed by atoms with Gasteiger partial charge in [-0.25, -0.2) is 9.37 Å². The number of piperazine rings is 1. The van der Waals surface area contributed by atoms with Crippen LogP contribution in [0, 0.1) is 5.82 Å². The third-order valence-electron chi connectivity index (χ3n) is 5.10. The maximum atomic E-state index is 14.0. The first-order valence-electron chi connectivity index (χ1n) is 9.46. The van der Waals surface area contributed by atoms with Gasteiger partial charge >= 0.3 is 0 Å². The molecule has 0 radical (unpaired) electrons. The number of para-hydroxylation sites is 1. The first-order valence-corrected chi connectivity index (χ1v) is 9.46. The van der Waals surface area contributed by atoms with Gasteiger partial charge in [0.15, 0.2) is 0 Å². The molecule has 0 N–H and O–H groups in total. The summed E-state index contributed by atoms with van der Waals surface area (Å²) >= 11 is 0. The Morgan fingerprint density at radius 2 is 1.54 bits per heavy atom. The van der Waals surface area contributed by atoms with Gasteiger partial charge in [-0.2, -0.15) is 0 Å². The molecule has 3 aromatic rings. The molecule has 0 saturated carbocycles. The fourth-order valence-electron chi connectivity index (χ4n) is 3.46. The van der Waals surface area contributed by atoms with Crippen LogP contribution in [0.1, 0.15) is 0 Å². The third kappa shape index (κ3) is 3.76. The minimum atomic E-state index is -0.168. The van der Waals surface area contributed by atoms with E-state index in [4.69, 9.17) is 4.98 Å². The van der Waals surface area contributed by atoms with Crippen LogP contribution in [-0.4, -0.2) is 50.2 Å². The van der Waals surface area contributed by atoms with Crippen molar-refractivity contribution in [2.45, 2.75) is 0 Å². The lowest BCUT2D eigenvalue weighted by Gasteiger charge is -2.36. The predicted octanol–water partition coefficient (Wildman–Crippen LogP) is 3.68. The largest absolute Gasteiger partial charge is 0.378 e. The van der Waals surface area contributed by atoms with Gasteiger partial charge in [-0.1, -0.05) is 24.3 Å². The van der Waals surface area contributed by atoms with E-state index in [1.165, 1.54) is 6.07 Å². The molecule has 2 heterocycles. The minimum absolute atomic E-state index is 0.168. The van der Waals surface area contributed by atoms with Crippen molar-refractivity contribution in [2.24, 2.45) is 0 Å². The van der Waals surface area contributed by atoms with Crippen LogP contribution in [0.3, 0.4) is 0 Å². The van der Waals surface area contributed by atoms with E-state index >= 15 is 0 Å². The Hall–Kier alpha value is -3.15. The van der Waals surface area contributed by atoms with Crippen LogP contribution in [0.4, 0.5) is 21.6 Å². The standard InChI is InChI=1S/C22H24FN5/c1-26(2)18-9-7-17(8-10-18)20-15-24-16-22(25-20)28-13-11-27(12-14-28)21-6-4-3-5-19(21)23/h3-10,15-16H,11-14H2,1-2H3. The quantitative estimate of drug-likeness (QED) is 0.693. The molecule has 0 bridgehead atoms.